The number of nitrogens with zero attached hydrogens (tertiary/aromatic N) is 2. The largest absolute Gasteiger partial charge is 0.354 e. The molecule has 1 saturated heterocycles. The van der Waals surface area contributed by atoms with Crippen LogP contribution in [0.4, 0.5) is 8.78 Å². The highest BCUT2D eigenvalue weighted by Crippen LogP contribution is 2.31. The van der Waals surface area contributed by atoms with E-state index in [0.29, 0.717) is 34.9 Å². The Morgan fingerprint density at radius 2 is 2.17 bits per heavy atom. The molecule has 128 valence electrons. The van der Waals surface area contributed by atoms with Crippen molar-refractivity contribution < 1.29 is 13.6 Å². The van der Waals surface area contributed by atoms with Gasteiger partial charge in [0, 0.05) is 35.4 Å². The first-order valence-electron chi connectivity index (χ1n) is 7.88. The van der Waals surface area contributed by atoms with Crippen LogP contribution in [0.5, 0.6) is 0 Å². The molecule has 0 saturated carbocycles. The Balaban J connectivity index is 1.77. The van der Waals surface area contributed by atoms with Crippen molar-refractivity contribution in [1.29, 1.82) is 0 Å². The maximum absolute atomic E-state index is 14.0. The van der Waals surface area contributed by atoms with Crippen molar-refractivity contribution in [2.24, 2.45) is 0 Å². The molecule has 2 heterocycles. The van der Waals surface area contributed by atoms with Crippen molar-refractivity contribution in [2.75, 3.05) is 26.2 Å². The van der Waals surface area contributed by atoms with Gasteiger partial charge in [0.2, 0.25) is 5.91 Å². The fourth-order valence-electron chi connectivity index (χ4n) is 3.00. The summed E-state index contributed by atoms with van der Waals surface area (Å²) in [7, 11) is 0. The molecule has 7 heteroatoms. The maximum atomic E-state index is 14.0. The molecule has 0 spiro atoms. The number of piperazine rings is 1. The normalized spacial score (nSPS) is 15.8. The number of pyridine rings is 1. The van der Waals surface area contributed by atoms with Crippen molar-refractivity contribution in [3.8, 4) is 0 Å². The number of carbonyl (C=O) groups is 1. The number of amides is 1. The van der Waals surface area contributed by atoms with E-state index >= 15 is 0 Å². The molecule has 0 radical (unpaired) electrons. The summed E-state index contributed by atoms with van der Waals surface area (Å²) < 4.78 is 28.1. The van der Waals surface area contributed by atoms with Crippen LogP contribution in [0.25, 0.3) is 10.9 Å². The van der Waals surface area contributed by atoms with Crippen molar-refractivity contribution in [1.82, 2.24) is 15.2 Å². The number of carbonyl (C=O) groups excluding carboxylic acids is 1. The third-order valence-corrected chi connectivity index (χ3v) is 5.27. The first-order chi connectivity index (χ1) is 11.5. The second kappa shape index (κ2) is 7.11. The summed E-state index contributed by atoms with van der Waals surface area (Å²) in [5, 5.41) is 3.11. The maximum Gasteiger partial charge on any atom is 0.234 e. The molecule has 1 N–H and O–H groups in total. The zero-order valence-corrected chi connectivity index (χ0v) is 14.9. The van der Waals surface area contributed by atoms with Gasteiger partial charge in [0.25, 0.3) is 0 Å². The number of benzene rings is 1. The fourth-order valence-corrected chi connectivity index (χ4v) is 3.63. The number of halogens is 3. The van der Waals surface area contributed by atoms with Crippen LogP contribution in [0.2, 0.25) is 0 Å². The molecule has 24 heavy (non-hydrogen) atoms. The summed E-state index contributed by atoms with van der Waals surface area (Å²) in [6.07, 6.45) is 1.52. The summed E-state index contributed by atoms with van der Waals surface area (Å²) in [4.78, 5) is 17.9. The first-order valence-corrected chi connectivity index (χ1v) is 8.68. The number of nitrogens with one attached hydrogen (secondary N) is 1. The Hall–Kier alpha value is -1.60. The van der Waals surface area contributed by atoms with E-state index < -0.39 is 11.6 Å². The molecule has 3 rings (SSSR count). The molecular weight excluding hydrogens is 380 g/mol. The van der Waals surface area contributed by atoms with Crippen molar-refractivity contribution in [3.05, 3.63) is 39.5 Å². The minimum atomic E-state index is -0.631. The molecule has 1 amide bonds. The second-order valence-electron chi connectivity index (χ2n) is 6.01. The zero-order valence-electron chi connectivity index (χ0n) is 13.3. The summed E-state index contributed by atoms with van der Waals surface area (Å²) in [5.41, 5.74) is 2.00. The third-order valence-electron chi connectivity index (χ3n) is 4.28. The van der Waals surface area contributed by atoms with Crippen LogP contribution in [0, 0.1) is 18.6 Å². The van der Waals surface area contributed by atoms with Crippen LogP contribution in [0.15, 0.2) is 16.6 Å². The summed E-state index contributed by atoms with van der Waals surface area (Å²) in [5.74, 6) is -1.19. The third kappa shape index (κ3) is 3.57. The van der Waals surface area contributed by atoms with Gasteiger partial charge in [0.1, 0.15) is 11.6 Å². The molecular formula is C17H18BrF2N3O. The Morgan fingerprint density at radius 3 is 2.92 bits per heavy atom. The quantitative estimate of drug-likeness (QED) is 0.862. The van der Waals surface area contributed by atoms with Gasteiger partial charge in [0.15, 0.2) is 0 Å². The van der Waals surface area contributed by atoms with Crippen LogP contribution in [-0.4, -0.2) is 42.0 Å². The molecule has 0 bridgehead atoms. The van der Waals surface area contributed by atoms with Gasteiger partial charge in [-0.1, -0.05) is 0 Å². The number of aryl methyl sites for hydroxylation is 1. The molecule has 0 atom stereocenters. The first kappa shape index (κ1) is 17.2. The predicted molar refractivity (Wildman–Crippen MR) is 91.9 cm³/mol. The summed E-state index contributed by atoms with van der Waals surface area (Å²) >= 11 is 3.42. The molecule has 1 aromatic carbocycles. The molecule has 1 aromatic heterocycles. The van der Waals surface area contributed by atoms with Gasteiger partial charge in [-0.05, 0) is 47.8 Å². The lowest BCUT2D eigenvalue weighted by Gasteiger charge is -2.26. The van der Waals surface area contributed by atoms with E-state index in [0.717, 1.165) is 36.8 Å². The van der Waals surface area contributed by atoms with Gasteiger partial charge < -0.3 is 5.32 Å². The average Bonchev–Trinajstić information content (AvgIpc) is 2.51. The Labute approximate surface area is 147 Å². The Morgan fingerprint density at radius 1 is 1.38 bits per heavy atom. The van der Waals surface area contributed by atoms with Crippen LogP contribution >= 0.6 is 15.9 Å². The van der Waals surface area contributed by atoms with Gasteiger partial charge in [-0.15, -0.1) is 0 Å². The number of hydrogen-bond donors (Lipinski definition) is 1. The number of hydrogen-bond acceptors (Lipinski definition) is 3. The lowest BCUT2D eigenvalue weighted by Crippen LogP contribution is -2.47. The zero-order chi connectivity index (χ0) is 17.3. The molecule has 1 aliphatic heterocycles. The van der Waals surface area contributed by atoms with Crippen LogP contribution in [0.1, 0.15) is 17.7 Å². The molecule has 2 aromatic rings. The molecule has 1 aliphatic rings. The highest BCUT2D eigenvalue weighted by atomic mass is 79.9. The van der Waals surface area contributed by atoms with E-state index in [1.54, 1.807) is 0 Å². The Kier molecular flexibility index (Phi) is 5.10. The number of fused-ring (bicyclic) bond motifs is 1. The SMILES string of the molecule is Cc1c(CCCN2CCNC(=O)C2)nc2cc(F)cc(F)c2c1Br. The van der Waals surface area contributed by atoms with Gasteiger partial charge >= 0.3 is 0 Å². The molecule has 1 fully saturated rings. The standard InChI is InChI=1S/C17H18BrF2N3O/c1-10-13(3-2-5-23-6-4-21-15(24)9-23)22-14-8-11(19)7-12(20)16(14)17(10)18/h7-8H,2-6,9H2,1H3,(H,21,24). The number of rotatable bonds is 4. The van der Waals surface area contributed by atoms with E-state index in [1.807, 2.05) is 6.92 Å². The van der Waals surface area contributed by atoms with E-state index in [-0.39, 0.29) is 5.91 Å². The smallest absolute Gasteiger partial charge is 0.234 e. The van der Waals surface area contributed by atoms with Gasteiger partial charge in [-0.3, -0.25) is 14.7 Å². The topological polar surface area (TPSA) is 45.2 Å². The monoisotopic (exact) mass is 397 g/mol. The van der Waals surface area contributed by atoms with E-state index in [9.17, 15) is 13.6 Å². The summed E-state index contributed by atoms with van der Waals surface area (Å²) in [6, 6.07) is 2.12. The van der Waals surface area contributed by atoms with E-state index in [2.05, 4.69) is 31.1 Å². The highest BCUT2D eigenvalue weighted by Gasteiger charge is 2.17. The predicted octanol–water partition coefficient (Wildman–Crippen LogP) is 2.95. The van der Waals surface area contributed by atoms with Crippen LogP contribution in [0.3, 0.4) is 0 Å². The van der Waals surface area contributed by atoms with Gasteiger partial charge in [-0.2, -0.15) is 0 Å². The molecule has 0 aliphatic carbocycles. The average molecular weight is 398 g/mol. The molecule has 0 unspecified atom stereocenters. The Bertz CT molecular complexity index is 797. The lowest BCUT2D eigenvalue weighted by atomic mass is 10.1. The second-order valence-corrected chi connectivity index (χ2v) is 6.80. The highest BCUT2D eigenvalue weighted by molar-refractivity contribution is 9.10. The van der Waals surface area contributed by atoms with Crippen molar-refractivity contribution >= 4 is 32.7 Å². The van der Waals surface area contributed by atoms with Crippen LogP contribution in [-0.2, 0) is 11.2 Å². The molecule has 4 nitrogen and oxygen atoms in total. The van der Waals surface area contributed by atoms with Gasteiger partial charge in [-0.25, -0.2) is 8.78 Å². The number of aromatic nitrogens is 1. The van der Waals surface area contributed by atoms with Crippen molar-refractivity contribution in [2.45, 2.75) is 19.8 Å². The minimum Gasteiger partial charge on any atom is -0.354 e. The van der Waals surface area contributed by atoms with Gasteiger partial charge in [0.05, 0.1) is 17.4 Å². The summed E-state index contributed by atoms with van der Waals surface area (Å²) in [6.45, 7) is 4.61. The van der Waals surface area contributed by atoms with Crippen LogP contribution < -0.4 is 5.32 Å². The van der Waals surface area contributed by atoms with Crippen molar-refractivity contribution in [3.63, 3.8) is 0 Å². The van der Waals surface area contributed by atoms with E-state index in [4.69, 9.17) is 0 Å². The minimum absolute atomic E-state index is 0.0509. The van der Waals surface area contributed by atoms with E-state index in [1.165, 1.54) is 6.07 Å². The lowest BCUT2D eigenvalue weighted by molar-refractivity contribution is -0.124. The fraction of sp³-hybridized carbons (Fsp3) is 0.412.